The van der Waals surface area contributed by atoms with Crippen LogP contribution in [0.2, 0.25) is 0 Å². The third kappa shape index (κ3) is 5.83. The lowest BCUT2D eigenvalue weighted by Crippen LogP contribution is -2.43. The SMILES string of the molecule is c1cc(-c2ccc(OCCN3CCOCC3)cn2)c2nc(Nc3ccc(N4CCNCC4)nc3)ncc2c1. The molecule has 0 amide bonds. The van der Waals surface area contributed by atoms with Crippen LogP contribution in [-0.4, -0.2) is 90.5 Å². The maximum absolute atomic E-state index is 5.93. The molecule has 10 heteroatoms. The quantitative estimate of drug-likeness (QED) is 0.366. The van der Waals surface area contributed by atoms with E-state index in [1.165, 1.54) is 0 Å². The minimum Gasteiger partial charge on any atom is -0.491 e. The molecular formula is C28H32N8O2. The number of hydrogen-bond donors (Lipinski definition) is 2. The van der Waals surface area contributed by atoms with Crippen LogP contribution < -0.4 is 20.3 Å². The Bertz CT molecular complexity index is 1340. The molecule has 3 aromatic heterocycles. The summed E-state index contributed by atoms with van der Waals surface area (Å²) in [5.74, 6) is 2.26. The van der Waals surface area contributed by atoms with E-state index >= 15 is 0 Å². The van der Waals surface area contributed by atoms with Gasteiger partial charge in [-0.15, -0.1) is 0 Å². The average Bonchev–Trinajstić information content (AvgIpc) is 2.99. The zero-order chi connectivity index (χ0) is 25.6. The number of pyridine rings is 2. The Morgan fingerprint density at radius 2 is 1.79 bits per heavy atom. The Labute approximate surface area is 222 Å². The minimum absolute atomic E-state index is 0.518. The van der Waals surface area contributed by atoms with E-state index in [-0.39, 0.29) is 0 Å². The van der Waals surface area contributed by atoms with Crippen molar-refractivity contribution in [3.63, 3.8) is 0 Å². The van der Waals surface area contributed by atoms with Crippen molar-refractivity contribution in [2.24, 2.45) is 0 Å². The van der Waals surface area contributed by atoms with Crippen LogP contribution in [0.1, 0.15) is 0 Å². The molecule has 2 aliphatic rings. The molecule has 2 N–H and O–H groups in total. The molecule has 0 radical (unpaired) electrons. The molecule has 0 unspecified atom stereocenters. The van der Waals surface area contributed by atoms with E-state index in [9.17, 15) is 0 Å². The summed E-state index contributed by atoms with van der Waals surface area (Å²) in [6, 6.07) is 14.0. The maximum atomic E-state index is 5.93. The molecule has 0 spiro atoms. The van der Waals surface area contributed by atoms with Gasteiger partial charge >= 0.3 is 0 Å². The van der Waals surface area contributed by atoms with Crippen LogP contribution in [0.25, 0.3) is 22.2 Å². The molecule has 2 aliphatic heterocycles. The highest BCUT2D eigenvalue weighted by molar-refractivity contribution is 5.93. The largest absolute Gasteiger partial charge is 0.491 e. The van der Waals surface area contributed by atoms with E-state index < -0.39 is 0 Å². The zero-order valence-electron chi connectivity index (χ0n) is 21.3. The van der Waals surface area contributed by atoms with E-state index in [2.05, 4.69) is 35.4 Å². The van der Waals surface area contributed by atoms with Gasteiger partial charge in [0, 0.05) is 63.0 Å². The second kappa shape index (κ2) is 11.7. The Hall–Kier alpha value is -3.86. The number of benzene rings is 1. The third-order valence-corrected chi connectivity index (χ3v) is 6.85. The summed E-state index contributed by atoms with van der Waals surface area (Å²) in [5.41, 5.74) is 3.46. The molecule has 2 saturated heterocycles. The van der Waals surface area contributed by atoms with Gasteiger partial charge in [-0.3, -0.25) is 9.88 Å². The standard InChI is InChI=1S/C28H32N8O2/c1-2-21-18-32-28(33-22-4-7-26(31-19-22)36-10-8-29-9-11-36)34-27(21)24(3-1)25-6-5-23(20-30-25)38-17-14-35-12-15-37-16-13-35/h1-7,18-20,29H,8-17H2,(H,32,33,34). The number of anilines is 3. The zero-order valence-corrected chi connectivity index (χ0v) is 21.3. The molecular weight excluding hydrogens is 480 g/mol. The summed E-state index contributed by atoms with van der Waals surface area (Å²) >= 11 is 0. The highest BCUT2D eigenvalue weighted by Gasteiger charge is 2.13. The number of nitrogens with one attached hydrogen (secondary N) is 2. The summed E-state index contributed by atoms with van der Waals surface area (Å²) in [7, 11) is 0. The molecule has 0 saturated carbocycles. The number of rotatable bonds is 8. The first kappa shape index (κ1) is 24.5. The molecule has 38 heavy (non-hydrogen) atoms. The topological polar surface area (TPSA) is 101 Å². The van der Waals surface area contributed by atoms with Gasteiger partial charge in [-0.05, 0) is 24.3 Å². The monoisotopic (exact) mass is 512 g/mol. The minimum atomic E-state index is 0.518. The lowest BCUT2D eigenvalue weighted by molar-refractivity contribution is 0.0322. The molecule has 0 bridgehead atoms. The predicted molar refractivity (Wildman–Crippen MR) is 148 cm³/mol. The van der Waals surface area contributed by atoms with Crippen molar-refractivity contribution < 1.29 is 9.47 Å². The van der Waals surface area contributed by atoms with Crippen molar-refractivity contribution in [1.29, 1.82) is 0 Å². The first-order valence-corrected chi connectivity index (χ1v) is 13.2. The first-order valence-electron chi connectivity index (χ1n) is 13.2. The molecule has 5 heterocycles. The summed E-state index contributed by atoms with van der Waals surface area (Å²) in [6.45, 7) is 8.90. The number of ether oxygens (including phenoxy) is 2. The number of fused-ring (bicyclic) bond motifs is 1. The molecule has 0 aliphatic carbocycles. The summed E-state index contributed by atoms with van der Waals surface area (Å²) in [5, 5.41) is 7.62. The highest BCUT2D eigenvalue weighted by Crippen LogP contribution is 2.28. The lowest BCUT2D eigenvalue weighted by atomic mass is 10.1. The molecule has 10 nitrogen and oxygen atoms in total. The molecule has 1 aromatic carbocycles. The summed E-state index contributed by atoms with van der Waals surface area (Å²) in [4.78, 5) is 23.3. The number of nitrogens with zero attached hydrogens (tertiary/aromatic N) is 6. The number of aromatic nitrogens is 4. The van der Waals surface area contributed by atoms with Crippen LogP contribution in [0.4, 0.5) is 17.5 Å². The fraction of sp³-hybridized carbons (Fsp3) is 0.357. The van der Waals surface area contributed by atoms with E-state index in [0.717, 1.165) is 98.4 Å². The van der Waals surface area contributed by atoms with Gasteiger partial charge in [-0.1, -0.05) is 18.2 Å². The van der Waals surface area contributed by atoms with E-state index in [1.807, 2.05) is 54.9 Å². The van der Waals surface area contributed by atoms with Crippen LogP contribution in [-0.2, 0) is 4.74 Å². The van der Waals surface area contributed by atoms with Gasteiger partial charge < -0.3 is 25.0 Å². The average molecular weight is 513 g/mol. The lowest BCUT2D eigenvalue weighted by Gasteiger charge is -2.28. The normalized spacial score (nSPS) is 16.5. The van der Waals surface area contributed by atoms with Crippen molar-refractivity contribution in [3.8, 4) is 17.0 Å². The smallest absolute Gasteiger partial charge is 0.227 e. The van der Waals surface area contributed by atoms with Crippen molar-refractivity contribution in [3.05, 3.63) is 61.1 Å². The Morgan fingerprint density at radius 1 is 0.895 bits per heavy atom. The second-order valence-electron chi connectivity index (χ2n) is 9.39. The number of para-hydroxylation sites is 1. The Balaban J connectivity index is 1.14. The fourth-order valence-corrected chi connectivity index (χ4v) is 4.74. The predicted octanol–water partition coefficient (Wildman–Crippen LogP) is 2.95. The van der Waals surface area contributed by atoms with E-state index in [1.54, 1.807) is 6.20 Å². The Kier molecular flexibility index (Phi) is 7.52. The van der Waals surface area contributed by atoms with Crippen molar-refractivity contribution in [2.75, 3.05) is 75.9 Å². The highest BCUT2D eigenvalue weighted by atomic mass is 16.5. The van der Waals surface area contributed by atoms with E-state index in [4.69, 9.17) is 14.5 Å². The van der Waals surface area contributed by atoms with Crippen molar-refractivity contribution >= 4 is 28.4 Å². The van der Waals surface area contributed by atoms with Gasteiger partial charge in [-0.2, -0.15) is 0 Å². The van der Waals surface area contributed by atoms with Gasteiger partial charge in [0.15, 0.2) is 0 Å². The molecule has 4 aromatic rings. The number of morpholine rings is 1. The van der Waals surface area contributed by atoms with Gasteiger partial charge in [0.1, 0.15) is 18.2 Å². The van der Waals surface area contributed by atoms with Crippen LogP contribution >= 0.6 is 0 Å². The van der Waals surface area contributed by atoms with Crippen LogP contribution in [0.15, 0.2) is 61.1 Å². The molecule has 2 fully saturated rings. The van der Waals surface area contributed by atoms with Crippen molar-refractivity contribution in [2.45, 2.75) is 0 Å². The number of piperazine rings is 1. The van der Waals surface area contributed by atoms with Gasteiger partial charge in [-0.25, -0.2) is 15.0 Å². The number of hydrogen-bond acceptors (Lipinski definition) is 10. The molecule has 0 atom stereocenters. The third-order valence-electron chi connectivity index (χ3n) is 6.85. The van der Waals surface area contributed by atoms with Crippen LogP contribution in [0.5, 0.6) is 5.75 Å². The second-order valence-corrected chi connectivity index (χ2v) is 9.39. The van der Waals surface area contributed by atoms with Gasteiger partial charge in [0.2, 0.25) is 5.95 Å². The molecule has 6 rings (SSSR count). The van der Waals surface area contributed by atoms with Crippen LogP contribution in [0.3, 0.4) is 0 Å². The fourth-order valence-electron chi connectivity index (χ4n) is 4.74. The van der Waals surface area contributed by atoms with Crippen LogP contribution in [0, 0.1) is 0 Å². The molecule has 196 valence electrons. The van der Waals surface area contributed by atoms with Gasteiger partial charge in [0.25, 0.3) is 0 Å². The van der Waals surface area contributed by atoms with Crippen molar-refractivity contribution in [1.82, 2.24) is 30.2 Å². The van der Waals surface area contributed by atoms with E-state index in [0.29, 0.717) is 12.6 Å². The maximum Gasteiger partial charge on any atom is 0.227 e. The van der Waals surface area contributed by atoms with Gasteiger partial charge in [0.05, 0.1) is 42.5 Å². The summed E-state index contributed by atoms with van der Waals surface area (Å²) < 4.78 is 11.3. The first-order chi connectivity index (χ1) is 18.8. The summed E-state index contributed by atoms with van der Waals surface area (Å²) in [6.07, 6.45) is 5.44. The Morgan fingerprint density at radius 3 is 2.58 bits per heavy atom.